The van der Waals surface area contributed by atoms with Crippen molar-refractivity contribution in [3.05, 3.63) is 68.4 Å². The summed E-state index contributed by atoms with van der Waals surface area (Å²) in [5, 5.41) is 4.79. The Kier molecular flexibility index (Phi) is 5.28. The van der Waals surface area contributed by atoms with Crippen molar-refractivity contribution in [2.24, 2.45) is 0 Å². The van der Waals surface area contributed by atoms with Crippen molar-refractivity contribution in [1.29, 1.82) is 0 Å². The first kappa shape index (κ1) is 15.6. The van der Waals surface area contributed by atoms with E-state index in [2.05, 4.69) is 5.32 Å². The Hall–Kier alpha value is -0.800. The highest BCUT2D eigenvalue weighted by Gasteiger charge is 2.11. The van der Waals surface area contributed by atoms with Crippen molar-refractivity contribution in [1.82, 2.24) is 5.32 Å². The zero-order chi connectivity index (χ0) is 14.7. The van der Waals surface area contributed by atoms with Crippen molar-refractivity contribution in [2.75, 3.05) is 0 Å². The first-order valence-corrected chi connectivity index (χ1v) is 7.23. The summed E-state index contributed by atoms with van der Waals surface area (Å²) < 4.78 is 12.9. The summed E-state index contributed by atoms with van der Waals surface area (Å²) in [7, 11) is 0. The van der Waals surface area contributed by atoms with E-state index in [0.29, 0.717) is 21.6 Å². The lowest BCUT2D eigenvalue weighted by Crippen LogP contribution is -2.18. The van der Waals surface area contributed by atoms with Crippen molar-refractivity contribution >= 4 is 34.8 Å². The van der Waals surface area contributed by atoms with E-state index in [1.807, 2.05) is 6.92 Å². The zero-order valence-electron chi connectivity index (χ0n) is 10.8. The van der Waals surface area contributed by atoms with E-state index in [4.69, 9.17) is 34.8 Å². The van der Waals surface area contributed by atoms with Gasteiger partial charge in [0.2, 0.25) is 0 Å². The standard InChI is InChI=1S/C15H13Cl3FN/c1-9(10-2-4-11(19)5-3-10)20-8-12-13(16)6-7-14(17)15(12)18/h2-7,9,20H,8H2,1H3/t9-/m0/s1. The number of benzene rings is 2. The fourth-order valence-corrected chi connectivity index (χ4v) is 2.54. The lowest BCUT2D eigenvalue weighted by molar-refractivity contribution is 0.571. The average Bonchev–Trinajstić information content (AvgIpc) is 2.43. The molecule has 0 spiro atoms. The lowest BCUT2D eigenvalue weighted by Gasteiger charge is -2.16. The van der Waals surface area contributed by atoms with Crippen molar-refractivity contribution in [3.8, 4) is 0 Å². The van der Waals surface area contributed by atoms with Gasteiger partial charge in [-0.2, -0.15) is 0 Å². The molecule has 1 N–H and O–H groups in total. The summed E-state index contributed by atoms with van der Waals surface area (Å²) >= 11 is 18.2. The van der Waals surface area contributed by atoms with E-state index in [9.17, 15) is 4.39 Å². The number of halogens is 4. The first-order valence-electron chi connectivity index (χ1n) is 6.10. The Balaban J connectivity index is 2.09. The molecular formula is C15H13Cl3FN. The maximum absolute atomic E-state index is 12.9. The highest BCUT2D eigenvalue weighted by Crippen LogP contribution is 2.31. The van der Waals surface area contributed by atoms with Crippen LogP contribution >= 0.6 is 34.8 Å². The molecule has 0 aliphatic heterocycles. The summed E-state index contributed by atoms with van der Waals surface area (Å²) in [5.74, 6) is -0.248. The van der Waals surface area contributed by atoms with Gasteiger partial charge in [0.25, 0.3) is 0 Å². The molecule has 106 valence electrons. The van der Waals surface area contributed by atoms with Crippen molar-refractivity contribution < 1.29 is 4.39 Å². The quantitative estimate of drug-likeness (QED) is 0.715. The molecule has 0 radical (unpaired) electrons. The smallest absolute Gasteiger partial charge is 0.123 e. The van der Waals surface area contributed by atoms with Crippen molar-refractivity contribution in [2.45, 2.75) is 19.5 Å². The molecule has 0 aliphatic carbocycles. The number of hydrogen-bond acceptors (Lipinski definition) is 1. The molecule has 0 aromatic heterocycles. The third-order valence-electron chi connectivity index (χ3n) is 3.09. The first-order chi connectivity index (χ1) is 9.49. The Bertz CT molecular complexity index is 599. The van der Waals surface area contributed by atoms with Gasteiger partial charge in [-0.05, 0) is 36.8 Å². The van der Waals surface area contributed by atoms with Crippen LogP contribution in [0.4, 0.5) is 4.39 Å². The monoisotopic (exact) mass is 331 g/mol. The normalized spacial score (nSPS) is 12.4. The van der Waals surface area contributed by atoms with Crippen molar-refractivity contribution in [3.63, 3.8) is 0 Å². The largest absolute Gasteiger partial charge is 0.306 e. The zero-order valence-corrected chi connectivity index (χ0v) is 13.0. The van der Waals surface area contributed by atoms with Crippen LogP contribution in [0.15, 0.2) is 36.4 Å². The van der Waals surface area contributed by atoms with Gasteiger partial charge in [-0.3, -0.25) is 0 Å². The van der Waals surface area contributed by atoms with Crippen LogP contribution in [0.1, 0.15) is 24.1 Å². The molecule has 1 atom stereocenters. The molecule has 2 aromatic rings. The summed E-state index contributed by atoms with van der Waals surface area (Å²) in [4.78, 5) is 0. The minimum Gasteiger partial charge on any atom is -0.306 e. The molecule has 20 heavy (non-hydrogen) atoms. The van der Waals surface area contributed by atoms with Crippen LogP contribution in [0.5, 0.6) is 0 Å². The lowest BCUT2D eigenvalue weighted by atomic mass is 10.1. The van der Waals surface area contributed by atoms with Gasteiger partial charge < -0.3 is 5.32 Å². The van der Waals surface area contributed by atoms with Gasteiger partial charge in [-0.15, -0.1) is 0 Å². The Morgan fingerprint density at radius 1 is 1.00 bits per heavy atom. The summed E-state index contributed by atoms with van der Waals surface area (Å²) in [6.45, 7) is 2.47. The molecule has 2 rings (SSSR count). The third kappa shape index (κ3) is 3.64. The second-order valence-corrected chi connectivity index (χ2v) is 5.67. The summed E-state index contributed by atoms with van der Waals surface area (Å²) in [6, 6.07) is 9.79. The molecular weight excluding hydrogens is 320 g/mol. The van der Waals surface area contributed by atoms with Crippen LogP contribution in [-0.2, 0) is 6.54 Å². The molecule has 0 fully saturated rings. The van der Waals surface area contributed by atoms with E-state index < -0.39 is 0 Å². The van der Waals surface area contributed by atoms with Crippen LogP contribution < -0.4 is 5.32 Å². The van der Waals surface area contributed by atoms with Crippen LogP contribution in [0, 0.1) is 5.82 Å². The number of hydrogen-bond donors (Lipinski definition) is 1. The van der Waals surface area contributed by atoms with E-state index in [0.717, 1.165) is 11.1 Å². The second-order valence-electron chi connectivity index (χ2n) is 4.48. The molecule has 0 saturated carbocycles. The van der Waals surface area contributed by atoms with Gasteiger partial charge in [-0.25, -0.2) is 4.39 Å². The summed E-state index contributed by atoms with van der Waals surface area (Å²) in [5.41, 5.74) is 1.75. The van der Waals surface area contributed by atoms with Crippen LogP contribution in [0.3, 0.4) is 0 Å². The average molecular weight is 333 g/mol. The van der Waals surface area contributed by atoms with Crippen LogP contribution in [0.25, 0.3) is 0 Å². The maximum Gasteiger partial charge on any atom is 0.123 e. The SMILES string of the molecule is C[C@H](NCc1c(Cl)ccc(Cl)c1Cl)c1ccc(F)cc1. The van der Waals surface area contributed by atoms with Gasteiger partial charge in [-0.1, -0.05) is 46.9 Å². The molecule has 0 heterocycles. The van der Waals surface area contributed by atoms with E-state index >= 15 is 0 Å². The molecule has 5 heteroatoms. The predicted molar refractivity (Wildman–Crippen MR) is 83.1 cm³/mol. The van der Waals surface area contributed by atoms with E-state index in [1.165, 1.54) is 12.1 Å². The topological polar surface area (TPSA) is 12.0 Å². The van der Waals surface area contributed by atoms with Gasteiger partial charge in [0.05, 0.1) is 10.0 Å². The third-order valence-corrected chi connectivity index (χ3v) is 4.29. The molecule has 2 aromatic carbocycles. The van der Waals surface area contributed by atoms with Gasteiger partial charge in [0.1, 0.15) is 5.82 Å². The molecule has 1 nitrogen and oxygen atoms in total. The molecule has 0 unspecified atom stereocenters. The van der Waals surface area contributed by atoms with E-state index in [1.54, 1.807) is 24.3 Å². The van der Waals surface area contributed by atoms with Crippen LogP contribution in [0.2, 0.25) is 15.1 Å². The second kappa shape index (κ2) is 6.77. The highest BCUT2D eigenvalue weighted by molar-refractivity contribution is 6.44. The van der Waals surface area contributed by atoms with Gasteiger partial charge in [0.15, 0.2) is 0 Å². The number of nitrogens with one attached hydrogen (secondary N) is 1. The van der Waals surface area contributed by atoms with Gasteiger partial charge in [0, 0.05) is 23.2 Å². The maximum atomic E-state index is 12.9. The predicted octanol–water partition coefficient (Wildman–Crippen LogP) is 5.64. The molecule has 0 saturated heterocycles. The highest BCUT2D eigenvalue weighted by atomic mass is 35.5. The van der Waals surface area contributed by atoms with Gasteiger partial charge >= 0.3 is 0 Å². The number of rotatable bonds is 4. The minimum absolute atomic E-state index is 0.0433. The summed E-state index contributed by atoms with van der Waals surface area (Å²) in [6.07, 6.45) is 0. The minimum atomic E-state index is -0.248. The fraction of sp³-hybridized carbons (Fsp3) is 0.200. The molecule has 0 aliphatic rings. The Morgan fingerprint density at radius 3 is 2.25 bits per heavy atom. The fourth-order valence-electron chi connectivity index (χ4n) is 1.86. The molecule has 0 amide bonds. The van der Waals surface area contributed by atoms with E-state index in [-0.39, 0.29) is 11.9 Å². The Labute approximate surface area is 132 Å². The molecule has 0 bridgehead atoms. The Morgan fingerprint density at radius 2 is 1.60 bits per heavy atom. The van der Waals surface area contributed by atoms with Crippen LogP contribution in [-0.4, -0.2) is 0 Å².